The summed E-state index contributed by atoms with van der Waals surface area (Å²) in [7, 11) is 1.55. The summed E-state index contributed by atoms with van der Waals surface area (Å²) < 4.78 is 5.22. The van der Waals surface area contributed by atoms with E-state index >= 15 is 0 Å². The van der Waals surface area contributed by atoms with E-state index in [-0.39, 0.29) is 5.91 Å². The lowest BCUT2D eigenvalue weighted by atomic mass is 9.93. The smallest absolute Gasteiger partial charge is 0.256 e. The molecule has 108 valence electrons. The van der Waals surface area contributed by atoms with Crippen LogP contribution >= 0.6 is 0 Å². The van der Waals surface area contributed by atoms with Crippen LogP contribution in [0.3, 0.4) is 0 Å². The Morgan fingerprint density at radius 3 is 2.50 bits per heavy atom. The third-order valence-corrected chi connectivity index (χ3v) is 4.76. The number of methoxy groups -OCH3 is 1. The van der Waals surface area contributed by atoms with Crippen LogP contribution in [-0.2, 0) is 4.79 Å². The highest BCUT2D eigenvalue weighted by atomic mass is 16.5. The van der Waals surface area contributed by atoms with Gasteiger partial charge < -0.3 is 14.7 Å². The van der Waals surface area contributed by atoms with Crippen molar-refractivity contribution in [3.8, 4) is 5.75 Å². The number of aliphatic hydroxyl groups excluding tert-OH is 1. The maximum Gasteiger partial charge on any atom is 0.256 e. The molecule has 0 aromatic heterocycles. The number of rotatable bonds is 3. The van der Waals surface area contributed by atoms with Gasteiger partial charge in [-0.25, -0.2) is 0 Å². The van der Waals surface area contributed by atoms with E-state index in [4.69, 9.17) is 4.74 Å². The van der Waals surface area contributed by atoms with E-state index in [1.165, 1.54) is 12.8 Å². The van der Waals surface area contributed by atoms with Crippen molar-refractivity contribution >= 4 is 5.91 Å². The van der Waals surface area contributed by atoms with Crippen molar-refractivity contribution in [3.05, 3.63) is 29.8 Å². The van der Waals surface area contributed by atoms with E-state index in [1.807, 2.05) is 12.1 Å². The number of hydrogen-bond donors (Lipinski definition) is 1. The molecule has 1 aromatic carbocycles. The Kier molecular flexibility index (Phi) is 3.42. The summed E-state index contributed by atoms with van der Waals surface area (Å²) in [5, 5.41) is 10.3. The third kappa shape index (κ3) is 2.40. The Morgan fingerprint density at radius 1 is 1.25 bits per heavy atom. The van der Waals surface area contributed by atoms with Crippen LogP contribution in [0.25, 0.3) is 0 Å². The van der Waals surface area contributed by atoms with Crippen molar-refractivity contribution in [2.24, 2.45) is 5.41 Å². The quantitative estimate of drug-likeness (QED) is 0.919. The lowest BCUT2D eigenvalue weighted by Crippen LogP contribution is -2.41. The van der Waals surface area contributed by atoms with Gasteiger partial charge in [-0.1, -0.05) is 18.2 Å². The third-order valence-electron chi connectivity index (χ3n) is 4.76. The second kappa shape index (κ2) is 5.09. The number of likely N-dealkylation sites (tertiary alicyclic amines) is 1. The molecule has 4 nitrogen and oxygen atoms in total. The molecule has 2 fully saturated rings. The largest absolute Gasteiger partial charge is 0.496 e. The van der Waals surface area contributed by atoms with Gasteiger partial charge in [0.2, 0.25) is 0 Å². The molecular formula is C16H21NO3. The van der Waals surface area contributed by atoms with Crippen LogP contribution in [-0.4, -0.2) is 36.1 Å². The Balaban J connectivity index is 1.70. The molecule has 1 heterocycles. The summed E-state index contributed by atoms with van der Waals surface area (Å²) >= 11 is 0. The highest BCUT2D eigenvalue weighted by molar-refractivity contribution is 5.83. The van der Waals surface area contributed by atoms with E-state index in [2.05, 4.69) is 0 Å². The average Bonchev–Trinajstić information content (AvgIpc) is 3.26. The zero-order valence-electron chi connectivity index (χ0n) is 11.8. The highest BCUT2D eigenvalue weighted by Crippen LogP contribution is 2.53. The zero-order chi connectivity index (χ0) is 14.2. The minimum Gasteiger partial charge on any atom is -0.496 e. The SMILES string of the molecule is COc1ccccc1C(O)C(=O)N1CCC2(CC1)CC2. The van der Waals surface area contributed by atoms with Crippen LogP contribution in [0.2, 0.25) is 0 Å². The monoisotopic (exact) mass is 275 g/mol. The maximum atomic E-state index is 12.4. The number of ether oxygens (including phenoxy) is 1. The van der Waals surface area contributed by atoms with Gasteiger partial charge in [0.15, 0.2) is 6.10 Å². The number of benzene rings is 1. The summed E-state index contributed by atoms with van der Waals surface area (Å²) in [4.78, 5) is 14.2. The number of hydrogen-bond acceptors (Lipinski definition) is 3. The van der Waals surface area contributed by atoms with Gasteiger partial charge in [-0.15, -0.1) is 0 Å². The molecule has 1 saturated heterocycles. The minimum absolute atomic E-state index is 0.204. The minimum atomic E-state index is -1.13. The fraction of sp³-hybridized carbons (Fsp3) is 0.562. The number of carbonyl (C=O) groups is 1. The molecule has 20 heavy (non-hydrogen) atoms. The maximum absolute atomic E-state index is 12.4. The Morgan fingerprint density at radius 2 is 1.90 bits per heavy atom. The van der Waals surface area contributed by atoms with Crippen LogP contribution in [0.15, 0.2) is 24.3 Å². The second-order valence-corrected chi connectivity index (χ2v) is 5.97. The average molecular weight is 275 g/mol. The first kappa shape index (κ1) is 13.4. The Hall–Kier alpha value is -1.55. The summed E-state index contributed by atoms with van der Waals surface area (Å²) in [6.45, 7) is 1.54. The molecule has 4 heteroatoms. The highest BCUT2D eigenvalue weighted by Gasteiger charge is 2.45. The van der Waals surface area contributed by atoms with Crippen molar-refractivity contribution in [2.45, 2.75) is 31.8 Å². The number of aliphatic hydroxyl groups is 1. The fourth-order valence-electron chi connectivity index (χ4n) is 3.08. The van der Waals surface area contributed by atoms with Crippen molar-refractivity contribution < 1.29 is 14.6 Å². The molecule has 1 spiro atoms. The number of amides is 1. The zero-order valence-corrected chi connectivity index (χ0v) is 11.8. The summed E-state index contributed by atoms with van der Waals surface area (Å²) in [6, 6.07) is 7.15. The van der Waals surface area contributed by atoms with E-state index < -0.39 is 6.10 Å². The Bertz CT molecular complexity index is 500. The van der Waals surface area contributed by atoms with Crippen molar-refractivity contribution in [3.63, 3.8) is 0 Å². The molecular weight excluding hydrogens is 254 g/mol. The van der Waals surface area contributed by atoms with E-state index in [9.17, 15) is 9.90 Å². The molecule has 1 aliphatic heterocycles. The number of para-hydroxylation sites is 1. The topological polar surface area (TPSA) is 49.8 Å². The van der Waals surface area contributed by atoms with Gasteiger partial charge in [0.1, 0.15) is 5.75 Å². The van der Waals surface area contributed by atoms with Gasteiger partial charge in [-0.2, -0.15) is 0 Å². The molecule has 1 N–H and O–H groups in total. The number of carbonyl (C=O) groups excluding carboxylic acids is 1. The van der Waals surface area contributed by atoms with Crippen LogP contribution in [0, 0.1) is 5.41 Å². The normalized spacial score (nSPS) is 21.6. The van der Waals surface area contributed by atoms with Crippen LogP contribution in [0.1, 0.15) is 37.4 Å². The predicted octanol–water partition coefficient (Wildman–Crippen LogP) is 2.13. The van der Waals surface area contributed by atoms with Crippen molar-refractivity contribution in [2.75, 3.05) is 20.2 Å². The molecule has 1 aromatic rings. The van der Waals surface area contributed by atoms with Gasteiger partial charge in [-0.3, -0.25) is 4.79 Å². The lowest BCUT2D eigenvalue weighted by molar-refractivity contribution is -0.142. The number of piperidine rings is 1. The van der Waals surface area contributed by atoms with Gasteiger partial charge in [0.25, 0.3) is 5.91 Å². The lowest BCUT2D eigenvalue weighted by Gasteiger charge is -2.33. The predicted molar refractivity (Wildman–Crippen MR) is 75.4 cm³/mol. The van der Waals surface area contributed by atoms with Gasteiger partial charge >= 0.3 is 0 Å². The first-order valence-electron chi connectivity index (χ1n) is 7.25. The van der Waals surface area contributed by atoms with Gasteiger partial charge in [0.05, 0.1) is 7.11 Å². The molecule has 1 saturated carbocycles. The molecule has 1 amide bonds. The van der Waals surface area contributed by atoms with Crippen LogP contribution in [0.4, 0.5) is 0 Å². The first-order valence-corrected chi connectivity index (χ1v) is 7.25. The van der Waals surface area contributed by atoms with E-state index in [0.717, 1.165) is 25.9 Å². The molecule has 1 atom stereocenters. The molecule has 3 rings (SSSR count). The van der Waals surface area contributed by atoms with Crippen molar-refractivity contribution in [1.29, 1.82) is 0 Å². The standard InChI is InChI=1S/C16H21NO3/c1-20-13-5-3-2-4-12(13)14(18)15(19)17-10-8-16(6-7-16)9-11-17/h2-5,14,18H,6-11H2,1H3. The summed E-state index contributed by atoms with van der Waals surface area (Å²) in [6.07, 6.45) is 3.66. The van der Waals surface area contributed by atoms with Crippen LogP contribution < -0.4 is 4.74 Å². The second-order valence-electron chi connectivity index (χ2n) is 5.97. The molecule has 0 bridgehead atoms. The summed E-state index contributed by atoms with van der Waals surface area (Å²) in [5.41, 5.74) is 1.08. The molecule has 1 unspecified atom stereocenters. The van der Waals surface area contributed by atoms with E-state index in [0.29, 0.717) is 16.7 Å². The van der Waals surface area contributed by atoms with Crippen LogP contribution in [0.5, 0.6) is 5.75 Å². The Labute approximate surface area is 119 Å². The van der Waals surface area contributed by atoms with Gasteiger partial charge in [-0.05, 0) is 37.2 Å². The summed E-state index contributed by atoms with van der Waals surface area (Å²) in [5.74, 6) is 0.356. The molecule has 2 aliphatic rings. The fourth-order valence-corrected chi connectivity index (χ4v) is 3.08. The van der Waals surface area contributed by atoms with E-state index in [1.54, 1.807) is 24.1 Å². The molecule has 0 radical (unpaired) electrons. The van der Waals surface area contributed by atoms with Crippen molar-refractivity contribution in [1.82, 2.24) is 4.90 Å². The number of nitrogens with zero attached hydrogens (tertiary/aromatic N) is 1. The van der Waals surface area contributed by atoms with Gasteiger partial charge in [0, 0.05) is 18.7 Å². The first-order chi connectivity index (χ1) is 9.65. The molecule has 1 aliphatic carbocycles.